The van der Waals surface area contributed by atoms with E-state index in [1.807, 2.05) is 43.3 Å². The van der Waals surface area contributed by atoms with Crippen LogP contribution in [0.1, 0.15) is 33.1 Å². The number of carbonyl (C=O) groups excluding carboxylic acids is 1. The highest BCUT2D eigenvalue weighted by Crippen LogP contribution is 2.25. The van der Waals surface area contributed by atoms with E-state index in [9.17, 15) is 4.79 Å². The predicted molar refractivity (Wildman–Crippen MR) is 90.6 cm³/mol. The molecule has 2 heterocycles. The van der Waals surface area contributed by atoms with E-state index >= 15 is 0 Å². The van der Waals surface area contributed by atoms with Gasteiger partial charge in [-0.2, -0.15) is 0 Å². The smallest absolute Gasteiger partial charge is 0.305 e. The lowest BCUT2D eigenvalue weighted by molar-refractivity contribution is -0.143. The summed E-state index contributed by atoms with van der Waals surface area (Å²) in [5.41, 5.74) is 0. The van der Waals surface area contributed by atoms with Crippen LogP contribution >= 0.6 is 0 Å². The van der Waals surface area contributed by atoms with Crippen molar-refractivity contribution < 1.29 is 9.53 Å². The highest BCUT2D eigenvalue weighted by atomic mass is 16.5. The Morgan fingerprint density at radius 2 is 1.74 bits per heavy atom. The van der Waals surface area contributed by atoms with Gasteiger partial charge in [0.1, 0.15) is 11.6 Å². The molecule has 0 spiro atoms. The van der Waals surface area contributed by atoms with Gasteiger partial charge in [0, 0.05) is 24.9 Å². The summed E-state index contributed by atoms with van der Waals surface area (Å²) in [7, 11) is 0. The van der Waals surface area contributed by atoms with E-state index in [1.54, 1.807) is 12.4 Å². The lowest BCUT2D eigenvalue weighted by atomic mass is 10.1. The van der Waals surface area contributed by atoms with E-state index in [-0.39, 0.29) is 12.0 Å². The molecule has 0 aliphatic heterocycles. The monoisotopic (exact) mass is 313 g/mol. The Balaban J connectivity index is 2.07. The number of pyridine rings is 2. The van der Waals surface area contributed by atoms with Gasteiger partial charge in [0.25, 0.3) is 0 Å². The van der Waals surface area contributed by atoms with Gasteiger partial charge in [0.05, 0.1) is 6.61 Å². The quantitative estimate of drug-likeness (QED) is 0.695. The summed E-state index contributed by atoms with van der Waals surface area (Å²) < 4.78 is 4.98. The molecule has 0 aliphatic carbocycles. The molecule has 0 radical (unpaired) electrons. The zero-order valence-electron chi connectivity index (χ0n) is 13.7. The van der Waals surface area contributed by atoms with Crippen LogP contribution in [-0.4, -0.2) is 28.6 Å². The lowest BCUT2D eigenvalue weighted by Gasteiger charge is -2.29. The van der Waals surface area contributed by atoms with Gasteiger partial charge in [-0.3, -0.25) is 4.79 Å². The minimum Gasteiger partial charge on any atom is -0.466 e. The van der Waals surface area contributed by atoms with Gasteiger partial charge >= 0.3 is 5.97 Å². The molecule has 1 atom stereocenters. The number of carbonyl (C=O) groups is 1. The van der Waals surface area contributed by atoms with Crippen LogP contribution in [0.4, 0.5) is 11.6 Å². The van der Waals surface area contributed by atoms with Gasteiger partial charge in [0.2, 0.25) is 0 Å². The van der Waals surface area contributed by atoms with E-state index in [0.717, 1.165) is 24.5 Å². The van der Waals surface area contributed by atoms with E-state index < -0.39 is 0 Å². The third-order valence-electron chi connectivity index (χ3n) is 3.54. The second kappa shape index (κ2) is 8.88. The Labute approximate surface area is 137 Å². The largest absolute Gasteiger partial charge is 0.466 e. The molecule has 0 bridgehead atoms. The van der Waals surface area contributed by atoms with Crippen LogP contribution in [0.25, 0.3) is 0 Å². The first-order valence-electron chi connectivity index (χ1n) is 7.99. The number of esters is 1. The number of rotatable bonds is 8. The summed E-state index contributed by atoms with van der Waals surface area (Å²) >= 11 is 0. The van der Waals surface area contributed by atoms with Gasteiger partial charge in [-0.15, -0.1) is 0 Å². The number of hydrogen-bond acceptors (Lipinski definition) is 5. The van der Waals surface area contributed by atoms with Crippen molar-refractivity contribution in [3.05, 3.63) is 48.8 Å². The molecule has 0 fully saturated rings. The minimum atomic E-state index is -0.137. The molecule has 122 valence electrons. The molecule has 0 saturated heterocycles. The molecule has 23 heavy (non-hydrogen) atoms. The van der Waals surface area contributed by atoms with E-state index in [1.165, 1.54) is 0 Å². The van der Waals surface area contributed by atoms with Crippen molar-refractivity contribution in [1.82, 2.24) is 9.97 Å². The molecule has 0 N–H and O–H groups in total. The van der Waals surface area contributed by atoms with Crippen molar-refractivity contribution in [3.63, 3.8) is 0 Å². The Kier molecular flexibility index (Phi) is 6.54. The Morgan fingerprint density at radius 1 is 1.13 bits per heavy atom. The molecular weight excluding hydrogens is 290 g/mol. The maximum Gasteiger partial charge on any atom is 0.305 e. The van der Waals surface area contributed by atoms with Gasteiger partial charge in [0.15, 0.2) is 0 Å². The molecule has 2 rings (SSSR count). The molecule has 2 aromatic rings. The van der Waals surface area contributed by atoms with Crippen LogP contribution in [0.5, 0.6) is 0 Å². The molecule has 2 aromatic heterocycles. The summed E-state index contributed by atoms with van der Waals surface area (Å²) in [4.78, 5) is 22.5. The molecule has 5 heteroatoms. The molecule has 1 unspecified atom stereocenters. The Morgan fingerprint density at radius 3 is 2.22 bits per heavy atom. The predicted octanol–water partition coefficient (Wildman–Crippen LogP) is 3.74. The number of hydrogen-bond donors (Lipinski definition) is 0. The van der Waals surface area contributed by atoms with Crippen LogP contribution in [0.15, 0.2) is 48.8 Å². The Hall–Kier alpha value is -2.43. The number of aromatic nitrogens is 2. The highest BCUT2D eigenvalue weighted by molar-refractivity contribution is 5.69. The Bertz CT molecular complexity index is 550. The maximum absolute atomic E-state index is 11.5. The van der Waals surface area contributed by atoms with Crippen LogP contribution in [0, 0.1) is 0 Å². The molecule has 0 aromatic carbocycles. The fraction of sp³-hybridized carbons (Fsp3) is 0.389. The first-order valence-corrected chi connectivity index (χ1v) is 7.99. The third-order valence-corrected chi connectivity index (χ3v) is 3.54. The molecule has 0 saturated carbocycles. The molecular formula is C18H23N3O2. The van der Waals surface area contributed by atoms with E-state index in [4.69, 9.17) is 4.74 Å². The van der Waals surface area contributed by atoms with Gasteiger partial charge in [-0.05, 0) is 51.0 Å². The second-order valence-electron chi connectivity index (χ2n) is 5.29. The first kappa shape index (κ1) is 16.9. The fourth-order valence-corrected chi connectivity index (χ4v) is 2.47. The summed E-state index contributed by atoms with van der Waals surface area (Å²) in [5.74, 6) is 1.58. The lowest BCUT2D eigenvalue weighted by Crippen LogP contribution is -2.30. The van der Waals surface area contributed by atoms with Gasteiger partial charge in [-0.25, -0.2) is 9.97 Å². The normalized spacial score (nSPS) is 11.7. The maximum atomic E-state index is 11.5. The SMILES string of the molecule is CCOC(=O)CCCC(C)N(c1ccccn1)c1ccccn1. The zero-order chi connectivity index (χ0) is 16.5. The summed E-state index contributed by atoms with van der Waals surface area (Å²) in [6.45, 7) is 4.38. The van der Waals surface area contributed by atoms with E-state index in [0.29, 0.717) is 13.0 Å². The van der Waals surface area contributed by atoms with Crippen molar-refractivity contribution in [2.24, 2.45) is 0 Å². The average molecular weight is 313 g/mol. The third kappa shape index (κ3) is 5.06. The summed E-state index contributed by atoms with van der Waals surface area (Å²) in [5, 5.41) is 0. The van der Waals surface area contributed by atoms with Gasteiger partial charge in [-0.1, -0.05) is 12.1 Å². The average Bonchev–Trinajstić information content (AvgIpc) is 2.57. The van der Waals surface area contributed by atoms with Crippen molar-refractivity contribution >= 4 is 17.6 Å². The van der Waals surface area contributed by atoms with Crippen molar-refractivity contribution in [2.45, 2.75) is 39.2 Å². The fourth-order valence-electron chi connectivity index (χ4n) is 2.47. The van der Waals surface area contributed by atoms with E-state index in [2.05, 4.69) is 21.8 Å². The zero-order valence-corrected chi connectivity index (χ0v) is 13.7. The van der Waals surface area contributed by atoms with Crippen LogP contribution in [0.2, 0.25) is 0 Å². The molecule has 5 nitrogen and oxygen atoms in total. The number of ether oxygens (including phenoxy) is 1. The highest BCUT2D eigenvalue weighted by Gasteiger charge is 2.18. The van der Waals surface area contributed by atoms with Gasteiger partial charge < -0.3 is 9.64 Å². The standard InChI is InChI=1S/C18H23N3O2/c1-3-23-18(22)12-8-9-15(2)21(16-10-4-6-13-19-16)17-11-5-7-14-20-17/h4-7,10-11,13-15H,3,8-9,12H2,1-2H3. The minimum absolute atomic E-state index is 0.137. The summed E-state index contributed by atoms with van der Waals surface area (Å²) in [6, 6.07) is 11.8. The first-order chi connectivity index (χ1) is 11.2. The van der Waals surface area contributed by atoms with Crippen LogP contribution < -0.4 is 4.90 Å². The van der Waals surface area contributed by atoms with Crippen molar-refractivity contribution in [1.29, 1.82) is 0 Å². The number of nitrogens with zero attached hydrogens (tertiary/aromatic N) is 3. The van der Waals surface area contributed by atoms with Crippen LogP contribution in [0.3, 0.4) is 0 Å². The summed E-state index contributed by atoms with van der Waals surface area (Å²) in [6.07, 6.45) is 5.62. The second-order valence-corrected chi connectivity index (χ2v) is 5.29. The molecule has 0 aliphatic rings. The molecule has 0 amide bonds. The number of anilines is 2. The van der Waals surface area contributed by atoms with Crippen molar-refractivity contribution in [2.75, 3.05) is 11.5 Å². The van der Waals surface area contributed by atoms with Crippen LogP contribution in [-0.2, 0) is 9.53 Å². The topological polar surface area (TPSA) is 55.3 Å². The van der Waals surface area contributed by atoms with Crippen molar-refractivity contribution in [3.8, 4) is 0 Å².